The summed E-state index contributed by atoms with van der Waals surface area (Å²) in [6.07, 6.45) is 2.06. The lowest BCUT2D eigenvalue weighted by atomic mass is 10.0. The van der Waals surface area contributed by atoms with Gasteiger partial charge in [0.05, 0.1) is 16.8 Å². The van der Waals surface area contributed by atoms with E-state index in [1.54, 1.807) is 0 Å². The van der Waals surface area contributed by atoms with Crippen molar-refractivity contribution < 1.29 is 4.39 Å². The summed E-state index contributed by atoms with van der Waals surface area (Å²) in [4.78, 5) is 2.13. The summed E-state index contributed by atoms with van der Waals surface area (Å²) < 4.78 is 15.6. The summed E-state index contributed by atoms with van der Waals surface area (Å²) in [6.45, 7) is 1.59. The standard InChI is InChI=1S/C20H17ClFN3S/c21-16-4-1-2-5-17(16)23-20(26)25-13-12-24-11-3-6-18(24)19(25)14-7-9-15(22)10-8-14/h1-11,19H,12-13H2,(H,23,26)/t19-/m1/s1. The Bertz CT molecular complexity index is 938. The first-order valence-corrected chi connectivity index (χ1v) is 9.15. The van der Waals surface area contributed by atoms with Crippen LogP contribution in [0.3, 0.4) is 0 Å². The van der Waals surface area contributed by atoms with Gasteiger partial charge in [0.15, 0.2) is 5.11 Å². The molecule has 0 saturated heterocycles. The molecule has 1 aliphatic rings. The van der Waals surface area contributed by atoms with Crippen LogP contribution >= 0.6 is 23.8 Å². The van der Waals surface area contributed by atoms with Gasteiger partial charge in [0, 0.05) is 25.0 Å². The third-order valence-corrected chi connectivity index (χ3v) is 5.27. The number of para-hydroxylation sites is 1. The molecule has 1 aromatic heterocycles. The molecular formula is C20H17ClFN3S. The molecule has 1 N–H and O–H groups in total. The van der Waals surface area contributed by atoms with Crippen molar-refractivity contribution in [2.24, 2.45) is 0 Å². The highest BCUT2D eigenvalue weighted by Crippen LogP contribution is 2.33. The second-order valence-electron chi connectivity index (χ2n) is 6.18. The Labute approximate surface area is 162 Å². The molecule has 6 heteroatoms. The predicted molar refractivity (Wildman–Crippen MR) is 107 cm³/mol. The Morgan fingerprint density at radius 3 is 2.58 bits per heavy atom. The normalized spacial score (nSPS) is 16.2. The van der Waals surface area contributed by atoms with Gasteiger partial charge in [-0.3, -0.25) is 0 Å². The highest BCUT2D eigenvalue weighted by atomic mass is 35.5. The fourth-order valence-corrected chi connectivity index (χ4v) is 3.84. The summed E-state index contributed by atoms with van der Waals surface area (Å²) in [5.74, 6) is -0.247. The van der Waals surface area contributed by atoms with Crippen LogP contribution in [0.1, 0.15) is 17.3 Å². The molecule has 0 aliphatic carbocycles. The van der Waals surface area contributed by atoms with Crippen LogP contribution in [0.15, 0.2) is 66.9 Å². The Balaban J connectivity index is 1.68. The van der Waals surface area contributed by atoms with Gasteiger partial charge in [0.25, 0.3) is 0 Å². The molecule has 0 spiro atoms. The molecular weight excluding hydrogens is 369 g/mol. The first-order chi connectivity index (χ1) is 12.6. The van der Waals surface area contributed by atoms with Crippen molar-refractivity contribution >= 4 is 34.6 Å². The summed E-state index contributed by atoms with van der Waals surface area (Å²) in [6, 6.07) is 18.1. The maximum absolute atomic E-state index is 13.4. The minimum Gasteiger partial charge on any atom is -0.348 e. The third kappa shape index (κ3) is 3.20. The molecule has 3 nitrogen and oxygen atoms in total. The predicted octanol–water partition coefficient (Wildman–Crippen LogP) is 5.08. The number of hydrogen-bond donors (Lipinski definition) is 1. The van der Waals surface area contributed by atoms with Crippen molar-refractivity contribution in [3.63, 3.8) is 0 Å². The van der Waals surface area contributed by atoms with Crippen molar-refractivity contribution in [3.8, 4) is 0 Å². The van der Waals surface area contributed by atoms with E-state index in [-0.39, 0.29) is 11.9 Å². The highest BCUT2D eigenvalue weighted by Gasteiger charge is 2.30. The molecule has 2 aromatic carbocycles. The number of nitrogens with zero attached hydrogens (tertiary/aromatic N) is 2. The molecule has 0 amide bonds. The SMILES string of the molecule is Fc1ccc([C@@H]2c3cccn3CCN2C(=S)Nc2ccccc2Cl)cc1. The largest absolute Gasteiger partial charge is 0.348 e. The van der Waals surface area contributed by atoms with Crippen molar-refractivity contribution in [1.29, 1.82) is 0 Å². The maximum Gasteiger partial charge on any atom is 0.174 e. The second-order valence-corrected chi connectivity index (χ2v) is 6.98. The molecule has 1 aliphatic heterocycles. The first kappa shape index (κ1) is 17.1. The molecule has 26 heavy (non-hydrogen) atoms. The van der Waals surface area contributed by atoms with Gasteiger partial charge in [-0.2, -0.15) is 0 Å². The average Bonchev–Trinajstić information content (AvgIpc) is 3.12. The van der Waals surface area contributed by atoms with Crippen LogP contribution in [0.2, 0.25) is 5.02 Å². The van der Waals surface area contributed by atoms with Crippen molar-refractivity contribution in [2.75, 3.05) is 11.9 Å². The minimum absolute atomic E-state index is 0.0816. The Morgan fingerprint density at radius 1 is 1.04 bits per heavy atom. The summed E-state index contributed by atoms with van der Waals surface area (Å²) in [5, 5.41) is 4.47. The van der Waals surface area contributed by atoms with Crippen LogP contribution in [0.5, 0.6) is 0 Å². The number of fused-ring (bicyclic) bond motifs is 1. The lowest BCUT2D eigenvalue weighted by molar-refractivity contribution is 0.293. The van der Waals surface area contributed by atoms with E-state index in [1.807, 2.05) is 42.5 Å². The quantitative estimate of drug-likeness (QED) is 0.621. The molecule has 2 heterocycles. The van der Waals surface area contributed by atoms with Gasteiger partial charge in [-0.1, -0.05) is 35.9 Å². The van der Waals surface area contributed by atoms with Crippen molar-refractivity contribution in [3.05, 3.63) is 89.0 Å². The number of benzene rings is 2. The number of rotatable bonds is 2. The smallest absolute Gasteiger partial charge is 0.174 e. The van der Waals surface area contributed by atoms with E-state index in [0.717, 1.165) is 30.0 Å². The molecule has 0 unspecified atom stereocenters. The Morgan fingerprint density at radius 2 is 1.81 bits per heavy atom. The zero-order valence-corrected chi connectivity index (χ0v) is 15.5. The lowest BCUT2D eigenvalue weighted by Gasteiger charge is -2.39. The topological polar surface area (TPSA) is 20.2 Å². The highest BCUT2D eigenvalue weighted by molar-refractivity contribution is 7.80. The van der Waals surface area contributed by atoms with Crippen LogP contribution in [0.25, 0.3) is 0 Å². The molecule has 1 atom stereocenters. The molecule has 0 fully saturated rings. The first-order valence-electron chi connectivity index (χ1n) is 8.36. The molecule has 4 rings (SSSR count). The Kier molecular flexibility index (Phi) is 4.66. The summed E-state index contributed by atoms with van der Waals surface area (Å²) in [7, 11) is 0. The van der Waals surface area contributed by atoms with Crippen LogP contribution in [0, 0.1) is 5.82 Å². The van der Waals surface area contributed by atoms with Crippen molar-refractivity contribution in [1.82, 2.24) is 9.47 Å². The molecule has 0 radical (unpaired) electrons. The number of hydrogen-bond acceptors (Lipinski definition) is 1. The van der Waals surface area contributed by atoms with Gasteiger partial charge in [0.2, 0.25) is 0 Å². The van der Waals surface area contributed by atoms with E-state index in [4.69, 9.17) is 23.8 Å². The fourth-order valence-electron chi connectivity index (χ4n) is 3.35. The molecule has 0 saturated carbocycles. The maximum atomic E-state index is 13.4. The number of thiocarbonyl (C=S) groups is 1. The van der Waals surface area contributed by atoms with Crippen molar-refractivity contribution in [2.45, 2.75) is 12.6 Å². The molecule has 3 aromatic rings. The van der Waals surface area contributed by atoms with Crippen LogP contribution < -0.4 is 5.32 Å². The number of halogens is 2. The molecule has 132 valence electrons. The van der Waals surface area contributed by atoms with Gasteiger partial charge in [-0.25, -0.2) is 4.39 Å². The number of aromatic nitrogens is 1. The van der Waals surface area contributed by atoms with E-state index < -0.39 is 0 Å². The van der Waals surface area contributed by atoms with E-state index in [2.05, 4.69) is 27.0 Å². The van der Waals surface area contributed by atoms with E-state index in [1.165, 1.54) is 12.1 Å². The third-order valence-electron chi connectivity index (χ3n) is 4.60. The average molecular weight is 386 g/mol. The fraction of sp³-hybridized carbons (Fsp3) is 0.150. The van der Waals surface area contributed by atoms with Gasteiger partial charge in [0.1, 0.15) is 5.82 Å². The Hall–Kier alpha value is -2.37. The zero-order valence-electron chi connectivity index (χ0n) is 13.9. The van der Waals surface area contributed by atoms with Gasteiger partial charge >= 0.3 is 0 Å². The van der Waals surface area contributed by atoms with Gasteiger partial charge < -0.3 is 14.8 Å². The second kappa shape index (κ2) is 7.09. The van der Waals surface area contributed by atoms with Crippen LogP contribution in [-0.4, -0.2) is 21.1 Å². The minimum atomic E-state index is -0.247. The number of nitrogens with one attached hydrogen (secondary N) is 1. The van der Waals surface area contributed by atoms with Gasteiger partial charge in [-0.15, -0.1) is 0 Å². The summed E-state index contributed by atoms with van der Waals surface area (Å²) >= 11 is 11.9. The lowest BCUT2D eigenvalue weighted by Crippen LogP contribution is -2.44. The van der Waals surface area contributed by atoms with Gasteiger partial charge in [-0.05, 0) is 54.2 Å². The summed E-state index contributed by atoms with van der Waals surface area (Å²) in [5.41, 5.74) is 2.90. The van der Waals surface area contributed by atoms with Crippen LogP contribution in [-0.2, 0) is 6.54 Å². The number of anilines is 1. The van der Waals surface area contributed by atoms with E-state index in [9.17, 15) is 4.39 Å². The monoisotopic (exact) mass is 385 g/mol. The zero-order chi connectivity index (χ0) is 18.1. The molecule has 0 bridgehead atoms. The van der Waals surface area contributed by atoms with Crippen LogP contribution in [0.4, 0.5) is 10.1 Å². The van der Waals surface area contributed by atoms with E-state index in [0.29, 0.717) is 10.1 Å². The van der Waals surface area contributed by atoms with E-state index >= 15 is 0 Å².